The van der Waals surface area contributed by atoms with Crippen molar-refractivity contribution >= 4 is 17.2 Å². The molecule has 0 aliphatic rings. The van der Waals surface area contributed by atoms with Gasteiger partial charge in [0, 0.05) is 41.9 Å². The van der Waals surface area contributed by atoms with Crippen LogP contribution in [0, 0.1) is 0 Å². The van der Waals surface area contributed by atoms with Crippen LogP contribution >= 0.6 is 11.3 Å². The van der Waals surface area contributed by atoms with Gasteiger partial charge < -0.3 is 10.3 Å². The van der Waals surface area contributed by atoms with Gasteiger partial charge in [0.15, 0.2) is 0 Å². The summed E-state index contributed by atoms with van der Waals surface area (Å²) in [6.07, 6.45) is 3.20. The van der Waals surface area contributed by atoms with Crippen molar-refractivity contribution in [2.24, 2.45) is 0 Å². The molecule has 1 unspecified atom stereocenters. The van der Waals surface area contributed by atoms with Crippen LogP contribution in [0.2, 0.25) is 0 Å². The van der Waals surface area contributed by atoms with Gasteiger partial charge in [-0.15, -0.1) is 11.3 Å². The molecule has 0 fully saturated rings. The molecule has 1 amide bonds. The average Bonchev–Trinajstić information content (AvgIpc) is 2.89. The summed E-state index contributed by atoms with van der Waals surface area (Å²) in [5.41, 5.74) is 0.0840. The van der Waals surface area contributed by atoms with Crippen molar-refractivity contribution in [3.05, 3.63) is 50.8 Å². The normalized spacial score (nSPS) is 12.1. The highest BCUT2D eigenvalue weighted by Crippen LogP contribution is 2.16. The Morgan fingerprint density at radius 1 is 1.61 bits per heavy atom. The molecule has 94 valence electrons. The molecule has 6 heteroatoms. The standard InChI is InChI=1S/C12H13N3O2S/c1-8(12-14-4-5-18-12)7-15-11(17)9-2-3-13-10(16)6-9/h2-6,8H,7H2,1H3,(H,13,16)(H,15,17). The van der Waals surface area contributed by atoms with Gasteiger partial charge in [0.2, 0.25) is 5.56 Å². The molecule has 1 atom stereocenters. The maximum atomic E-state index is 11.8. The van der Waals surface area contributed by atoms with E-state index in [1.54, 1.807) is 23.6 Å². The predicted octanol–water partition coefficient (Wildman–Crippen LogP) is 1.36. The number of H-pyrrole nitrogens is 1. The van der Waals surface area contributed by atoms with Crippen LogP contribution in [0.1, 0.15) is 28.2 Å². The fourth-order valence-electron chi connectivity index (χ4n) is 1.50. The van der Waals surface area contributed by atoms with E-state index >= 15 is 0 Å². The molecule has 0 aliphatic heterocycles. The Morgan fingerprint density at radius 2 is 2.44 bits per heavy atom. The number of hydrogen-bond donors (Lipinski definition) is 2. The minimum absolute atomic E-state index is 0.163. The first-order chi connectivity index (χ1) is 8.66. The Bertz CT molecular complexity index is 577. The van der Waals surface area contributed by atoms with Crippen LogP contribution in [0.5, 0.6) is 0 Å². The Labute approximate surface area is 108 Å². The van der Waals surface area contributed by atoms with Crippen molar-refractivity contribution < 1.29 is 4.79 Å². The summed E-state index contributed by atoms with van der Waals surface area (Å²) < 4.78 is 0. The maximum absolute atomic E-state index is 11.8. The summed E-state index contributed by atoms with van der Waals surface area (Å²) in [4.78, 5) is 29.5. The molecule has 2 N–H and O–H groups in total. The number of rotatable bonds is 4. The zero-order valence-electron chi connectivity index (χ0n) is 9.84. The number of thiazole rings is 1. The van der Waals surface area contributed by atoms with E-state index in [1.165, 1.54) is 12.3 Å². The summed E-state index contributed by atoms with van der Waals surface area (Å²) in [5, 5.41) is 5.68. The molecule has 0 bridgehead atoms. The van der Waals surface area contributed by atoms with Crippen LogP contribution in [0.4, 0.5) is 0 Å². The average molecular weight is 263 g/mol. The van der Waals surface area contributed by atoms with Crippen molar-refractivity contribution in [2.45, 2.75) is 12.8 Å². The lowest BCUT2D eigenvalue weighted by molar-refractivity contribution is 0.0951. The molecule has 0 aliphatic carbocycles. The number of amides is 1. The largest absolute Gasteiger partial charge is 0.351 e. The molecule has 0 aromatic carbocycles. The highest BCUT2D eigenvalue weighted by atomic mass is 32.1. The first kappa shape index (κ1) is 12.5. The van der Waals surface area contributed by atoms with E-state index in [0.717, 1.165) is 5.01 Å². The molecule has 0 saturated carbocycles. The minimum atomic E-state index is -0.282. The second-order valence-corrected chi connectivity index (χ2v) is 4.85. The number of hydrogen-bond acceptors (Lipinski definition) is 4. The third kappa shape index (κ3) is 3.04. The summed E-state index contributed by atoms with van der Waals surface area (Å²) in [6.45, 7) is 2.50. The number of aromatic amines is 1. The summed E-state index contributed by atoms with van der Waals surface area (Å²) in [6, 6.07) is 2.86. The van der Waals surface area contributed by atoms with E-state index in [2.05, 4.69) is 15.3 Å². The van der Waals surface area contributed by atoms with Gasteiger partial charge in [0.25, 0.3) is 5.91 Å². The van der Waals surface area contributed by atoms with Gasteiger partial charge in [-0.05, 0) is 6.07 Å². The number of pyridine rings is 1. The van der Waals surface area contributed by atoms with E-state index in [9.17, 15) is 9.59 Å². The second kappa shape index (κ2) is 5.59. The van der Waals surface area contributed by atoms with Crippen LogP contribution in [0.15, 0.2) is 34.7 Å². The summed E-state index contributed by atoms with van der Waals surface area (Å²) in [5.74, 6) is -0.0829. The first-order valence-electron chi connectivity index (χ1n) is 5.53. The zero-order chi connectivity index (χ0) is 13.0. The third-order valence-electron chi connectivity index (χ3n) is 2.48. The highest BCUT2D eigenvalue weighted by Gasteiger charge is 2.11. The van der Waals surface area contributed by atoms with Crippen molar-refractivity contribution in [3.63, 3.8) is 0 Å². The lowest BCUT2D eigenvalue weighted by atomic mass is 10.2. The maximum Gasteiger partial charge on any atom is 0.251 e. The number of carbonyl (C=O) groups excluding carboxylic acids is 1. The lowest BCUT2D eigenvalue weighted by Gasteiger charge is -2.09. The molecular weight excluding hydrogens is 250 g/mol. The van der Waals surface area contributed by atoms with Gasteiger partial charge >= 0.3 is 0 Å². The van der Waals surface area contributed by atoms with Crippen LogP contribution in [-0.4, -0.2) is 22.4 Å². The van der Waals surface area contributed by atoms with Crippen molar-refractivity contribution in [1.29, 1.82) is 0 Å². The molecule has 2 aromatic heterocycles. The van der Waals surface area contributed by atoms with Crippen LogP contribution < -0.4 is 10.9 Å². The van der Waals surface area contributed by atoms with Gasteiger partial charge in [-0.2, -0.15) is 0 Å². The summed E-state index contributed by atoms with van der Waals surface area (Å²) >= 11 is 1.56. The van der Waals surface area contributed by atoms with Crippen LogP contribution in [0.3, 0.4) is 0 Å². The Balaban J connectivity index is 1.95. The second-order valence-electron chi connectivity index (χ2n) is 3.92. The van der Waals surface area contributed by atoms with Crippen LogP contribution in [-0.2, 0) is 0 Å². The van der Waals surface area contributed by atoms with E-state index in [1.807, 2.05) is 12.3 Å². The van der Waals surface area contributed by atoms with Crippen molar-refractivity contribution in [3.8, 4) is 0 Å². The molecule has 0 saturated heterocycles. The van der Waals surface area contributed by atoms with E-state index in [4.69, 9.17) is 0 Å². The molecule has 5 nitrogen and oxygen atoms in total. The molecule has 2 aromatic rings. The fourth-order valence-corrected chi connectivity index (χ4v) is 2.20. The van der Waals surface area contributed by atoms with Crippen molar-refractivity contribution in [2.75, 3.05) is 6.54 Å². The third-order valence-corrected chi connectivity index (χ3v) is 3.49. The Morgan fingerprint density at radius 3 is 3.11 bits per heavy atom. The van der Waals surface area contributed by atoms with E-state index in [0.29, 0.717) is 12.1 Å². The minimum Gasteiger partial charge on any atom is -0.351 e. The quantitative estimate of drug-likeness (QED) is 0.874. The number of aromatic nitrogens is 2. The topological polar surface area (TPSA) is 74.8 Å². The van der Waals surface area contributed by atoms with Gasteiger partial charge in [0.1, 0.15) is 0 Å². The molecule has 2 rings (SSSR count). The van der Waals surface area contributed by atoms with Crippen LogP contribution in [0.25, 0.3) is 0 Å². The number of nitrogens with zero attached hydrogens (tertiary/aromatic N) is 1. The molecule has 18 heavy (non-hydrogen) atoms. The van der Waals surface area contributed by atoms with Crippen molar-refractivity contribution in [1.82, 2.24) is 15.3 Å². The van der Waals surface area contributed by atoms with E-state index < -0.39 is 0 Å². The smallest absolute Gasteiger partial charge is 0.251 e. The number of carbonyl (C=O) groups is 1. The van der Waals surface area contributed by atoms with Gasteiger partial charge in [0.05, 0.1) is 5.01 Å². The van der Waals surface area contributed by atoms with Gasteiger partial charge in [-0.25, -0.2) is 4.98 Å². The lowest BCUT2D eigenvalue weighted by Crippen LogP contribution is -2.28. The summed E-state index contributed by atoms with van der Waals surface area (Å²) in [7, 11) is 0. The zero-order valence-corrected chi connectivity index (χ0v) is 10.7. The highest BCUT2D eigenvalue weighted by molar-refractivity contribution is 7.09. The molecule has 2 heterocycles. The molecule has 0 spiro atoms. The molecule has 0 radical (unpaired) electrons. The van der Waals surface area contributed by atoms with E-state index in [-0.39, 0.29) is 17.4 Å². The number of nitrogens with one attached hydrogen (secondary N) is 2. The monoisotopic (exact) mass is 263 g/mol. The SMILES string of the molecule is CC(CNC(=O)c1cc[nH]c(=O)c1)c1nccs1. The molecular formula is C12H13N3O2S. The fraction of sp³-hybridized carbons (Fsp3) is 0.250. The Hall–Kier alpha value is -1.95. The first-order valence-corrected chi connectivity index (χ1v) is 6.41. The Kier molecular flexibility index (Phi) is 3.88. The van der Waals surface area contributed by atoms with Gasteiger partial charge in [-0.1, -0.05) is 6.92 Å². The predicted molar refractivity (Wildman–Crippen MR) is 69.9 cm³/mol. The van der Waals surface area contributed by atoms with Gasteiger partial charge in [-0.3, -0.25) is 9.59 Å².